The van der Waals surface area contributed by atoms with Crippen LogP contribution in [0.4, 0.5) is 0 Å². The summed E-state index contributed by atoms with van der Waals surface area (Å²) < 4.78 is 10.8. The van der Waals surface area contributed by atoms with Crippen LogP contribution in [0, 0.1) is 5.92 Å². The number of aromatic nitrogens is 2. The fraction of sp³-hybridized carbons (Fsp3) is 0.850. The van der Waals surface area contributed by atoms with Crippen molar-refractivity contribution in [3.05, 3.63) is 11.8 Å². The molecule has 2 saturated heterocycles. The Morgan fingerprint density at radius 3 is 2.75 bits per heavy atom. The van der Waals surface area contributed by atoms with Crippen LogP contribution in [0.2, 0.25) is 0 Å². The number of rotatable bonds is 8. The average molecular weight is 392 g/mol. The highest BCUT2D eigenvalue weighted by atomic mass is 16.5. The highest BCUT2D eigenvalue weighted by Gasteiger charge is 2.32. The van der Waals surface area contributed by atoms with Crippen LogP contribution in [0.5, 0.6) is 0 Å². The van der Waals surface area contributed by atoms with E-state index >= 15 is 0 Å². The fourth-order valence-electron chi connectivity index (χ4n) is 4.43. The number of carbonyl (C=O) groups is 1. The second kappa shape index (κ2) is 9.33. The van der Waals surface area contributed by atoms with Crippen LogP contribution < -0.4 is 5.32 Å². The lowest BCUT2D eigenvalue weighted by Gasteiger charge is -2.41. The van der Waals surface area contributed by atoms with Gasteiger partial charge in [0.15, 0.2) is 0 Å². The Labute approximate surface area is 167 Å². The van der Waals surface area contributed by atoms with Gasteiger partial charge in [0, 0.05) is 45.2 Å². The van der Waals surface area contributed by atoms with E-state index in [0.29, 0.717) is 25.1 Å². The van der Waals surface area contributed by atoms with Crippen molar-refractivity contribution in [2.75, 3.05) is 46.4 Å². The van der Waals surface area contributed by atoms with Gasteiger partial charge in [0.2, 0.25) is 17.7 Å². The van der Waals surface area contributed by atoms with E-state index in [0.717, 1.165) is 70.2 Å². The predicted molar refractivity (Wildman–Crippen MR) is 104 cm³/mol. The maximum atomic E-state index is 12.4. The zero-order valence-electron chi connectivity index (χ0n) is 16.9. The Morgan fingerprint density at radius 2 is 2.00 bits per heavy atom. The Hall–Kier alpha value is -1.51. The quantitative estimate of drug-likeness (QED) is 0.670. The molecule has 1 aliphatic carbocycles. The lowest BCUT2D eigenvalue weighted by atomic mass is 9.93. The zero-order chi connectivity index (χ0) is 19.3. The van der Waals surface area contributed by atoms with E-state index in [2.05, 4.69) is 25.3 Å². The average Bonchev–Trinajstić information content (AvgIpc) is 3.48. The van der Waals surface area contributed by atoms with E-state index in [4.69, 9.17) is 9.15 Å². The molecule has 3 heterocycles. The molecule has 3 aliphatic rings. The standard InChI is InChI=1S/C20H33N5O3/c1-27-12-8-21-19(26)16-3-2-9-25(13-16)17-6-10-24(11-7-17)14-18-22-23-20(28-18)15-4-5-15/h15-17H,2-14H2,1H3,(H,21,26). The van der Waals surface area contributed by atoms with Crippen molar-refractivity contribution in [3.8, 4) is 0 Å². The Bertz CT molecular complexity index is 640. The molecule has 0 spiro atoms. The van der Waals surface area contributed by atoms with E-state index in [1.807, 2.05) is 0 Å². The van der Waals surface area contributed by atoms with Gasteiger partial charge in [-0.15, -0.1) is 10.2 Å². The van der Waals surface area contributed by atoms with Crippen LogP contribution >= 0.6 is 0 Å². The predicted octanol–water partition coefficient (Wildman–Crippen LogP) is 1.39. The molecule has 0 radical (unpaired) electrons. The summed E-state index contributed by atoms with van der Waals surface area (Å²) in [5, 5.41) is 11.4. The number of nitrogens with zero attached hydrogens (tertiary/aromatic N) is 4. The van der Waals surface area contributed by atoms with Crippen LogP contribution in [-0.4, -0.2) is 78.4 Å². The third-order valence-corrected chi connectivity index (χ3v) is 6.27. The molecule has 156 valence electrons. The first-order chi connectivity index (χ1) is 13.7. The summed E-state index contributed by atoms with van der Waals surface area (Å²) in [4.78, 5) is 17.3. The van der Waals surface area contributed by atoms with E-state index < -0.39 is 0 Å². The highest BCUT2D eigenvalue weighted by Crippen LogP contribution is 2.39. The number of amides is 1. The van der Waals surface area contributed by atoms with Gasteiger partial charge in [0.25, 0.3) is 0 Å². The maximum Gasteiger partial charge on any atom is 0.230 e. The third kappa shape index (κ3) is 5.10. The third-order valence-electron chi connectivity index (χ3n) is 6.27. The molecule has 8 heteroatoms. The van der Waals surface area contributed by atoms with Crippen molar-refractivity contribution in [3.63, 3.8) is 0 Å². The van der Waals surface area contributed by atoms with Crippen molar-refractivity contribution < 1.29 is 13.9 Å². The molecule has 1 amide bonds. The molecule has 1 atom stereocenters. The molecule has 1 unspecified atom stereocenters. The Balaban J connectivity index is 1.21. The first kappa shape index (κ1) is 19.8. The van der Waals surface area contributed by atoms with E-state index in [1.165, 1.54) is 12.8 Å². The first-order valence-electron chi connectivity index (χ1n) is 10.8. The monoisotopic (exact) mass is 391 g/mol. The Kier molecular flexibility index (Phi) is 6.59. The highest BCUT2D eigenvalue weighted by molar-refractivity contribution is 5.78. The molecule has 8 nitrogen and oxygen atoms in total. The first-order valence-corrected chi connectivity index (χ1v) is 10.8. The van der Waals surface area contributed by atoms with Crippen molar-refractivity contribution in [1.82, 2.24) is 25.3 Å². The molecule has 1 aromatic rings. The second-order valence-electron chi connectivity index (χ2n) is 8.43. The van der Waals surface area contributed by atoms with Gasteiger partial charge in [-0.3, -0.25) is 14.6 Å². The fourth-order valence-corrected chi connectivity index (χ4v) is 4.43. The number of hydrogen-bond donors (Lipinski definition) is 1. The topological polar surface area (TPSA) is 83.7 Å². The van der Waals surface area contributed by atoms with Crippen molar-refractivity contribution in [2.45, 2.75) is 57.0 Å². The minimum absolute atomic E-state index is 0.114. The number of ether oxygens (including phenoxy) is 1. The van der Waals surface area contributed by atoms with Gasteiger partial charge < -0.3 is 14.5 Å². The van der Waals surface area contributed by atoms with E-state index in [-0.39, 0.29) is 11.8 Å². The number of hydrogen-bond acceptors (Lipinski definition) is 7. The van der Waals surface area contributed by atoms with Crippen LogP contribution in [0.1, 0.15) is 56.2 Å². The molecule has 3 fully saturated rings. The molecule has 28 heavy (non-hydrogen) atoms. The smallest absolute Gasteiger partial charge is 0.230 e. The minimum atomic E-state index is 0.114. The number of carbonyl (C=O) groups excluding carboxylic acids is 1. The molecule has 1 saturated carbocycles. The molecule has 1 N–H and O–H groups in total. The number of piperidine rings is 2. The number of likely N-dealkylation sites (tertiary alicyclic amines) is 2. The van der Waals surface area contributed by atoms with Gasteiger partial charge in [-0.05, 0) is 45.1 Å². The number of methoxy groups -OCH3 is 1. The van der Waals surface area contributed by atoms with Crippen molar-refractivity contribution in [2.24, 2.45) is 5.92 Å². The van der Waals surface area contributed by atoms with E-state index in [9.17, 15) is 4.79 Å². The number of nitrogens with one attached hydrogen (secondary N) is 1. The van der Waals surface area contributed by atoms with Crippen LogP contribution in [-0.2, 0) is 16.1 Å². The van der Waals surface area contributed by atoms with Gasteiger partial charge in [0.1, 0.15) is 0 Å². The molecule has 0 aromatic carbocycles. The summed E-state index contributed by atoms with van der Waals surface area (Å²) in [6, 6.07) is 0.579. The summed E-state index contributed by atoms with van der Waals surface area (Å²) in [6.07, 6.45) is 6.76. The van der Waals surface area contributed by atoms with Crippen molar-refractivity contribution in [1.29, 1.82) is 0 Å². The summed E-state index contributed by atoms with van der Waals surface area (Å²) in [5.74, 6) is 2.40. The van der Waals surface area contributed by atoms with Gasteiger partial charge >= 0.3 is 0 Å². The van der Waals surface area contributed by atoms with Crippen LogP contribution in [0.3, 0.4) is 0 Å². The van der Waals surface area contributed by atoms with Gasteiger partial charge in [-0.2, -0.15) is 0 Å². The molecule has 1 aromatic heterocycles. The summed E-state index contributed by atoms with van der Waals surface area (Å²) in [6.45, 7) is 6.03. The molecular formula is C20H33N5O3. The lowest BCUT2D eigenvalue weighted by molar-refractivity contribution is -0.127. The molecular weight excluding hydrogens is 358 g/mol. The Morgan fingerprint density at radius 1 is 1.18 bits per heavy atom. The molecule has 0 bridgehead atoms. The van der Waals surface area contributed by atoms with Crippen molar-refractivity contribution >= 4 is 5.91 Å². The van der Waals surface area contributed by atoms with Crippen LogP contribution in [0.15, 0.2) is 4.42 Å². The molecule has 2 aliphatic heterocycles. The largest absolute Gasteiger partial charge is 0.424 e. The van der Waals surface area contributed by atoms with Gasteiger partial charge in [-0.25, -0.2) is 0 Å². The summed E-state index contributed by atoms with van der Waals surface area (Å²) in [5.41, 5.74) is 0. The van der Waals surface area contributed by atoms with Crippen LogP contribution in [0.25, 0.3) is 0 Å². The van der Waals surface area contributed by atoms with E-state index in [1.54, 1.807) is 7.11 Å². The maximum absolute atomic E-state index is 12.4. The normalized spacial score (nSPS) is 25.1. The summed E-state index contributed by atoms with van der Waals surface area (Å²) in [7, 11) is 1.66. The second-order valence-corrected chi connectivity index (χ2v) is 8.43. The zero-order valence-corrected chi connectivity index (χ0v) is 16.9. The van der Waals surface area contributed by atoms with Gasteiger partial charge in [0.05, 0.1) is 19.1 Å². The SMILES string of the molecule is COCCNC(=O)C1CCCN(C2CCN(Cc3nnc(C4CC4)o3)CC2)C1. The van der Waals surface area contributed by atoms with Gasteiger partial charge in [-0.1, -0.05) is 0 Å². The molecule has 4 rings (SSSR count). The minimum Gasteiger partial charge on any atom is -0.424 e. The summed E-state index contributed by atoms with van der Waals surface area (Å²) >= 11 is 0. The lowest BCUT2D eigenvalue weighted by Crippen LogP contribution is -2.50.